The number of rotatable bonds is 5. The zero-order valence-corrected chi connectivity index (χ0v) is 13.1. The Labute approximate surface area is 125 Å². The zero-order chi connectivity index (χ0) is 15.5. The lowest BCUT2D eigenvalue weighted by molar-refractivity contribution is 0.240. The molecule has 2 aromatic rings. The average Bonchev–Trinajstić information content (AvgIpc) is 2.41. The molecule has 0 fully saturated rings. The van der Waals surface area contributed by atoms with Crippen molar-refractivity contribution in [3.63, 3.8) is 0 Å². The van der Waals surface area contributed by atoms with Gasteiger partial charge < -0.3 is 4.74 Å². The Morgan fingerprint density at radius 2 is 1.71 bits per heavy atom. The summed E-state index contributed by atoms with van der Waals surface area (Å²) in [6, 6.07) is 13.7. The molecule has 0 aliphatic carbocycles. The second-order valence-electron chi connectivity index (χ2n) is 5.07. The first-order chi connectivity index (χ1) is 9.88. The van der Waals surface area contributed by atoms with Gasteiger partial charge in [0.1, 0.15) is 5.75 Å². The molecule has 5 heteroatoms. The highest BCUT2D eigenvalue weighted by Crippen LogP contribution is 2.24. The highest BCUT2D eigenvalue weighted by atomic mass is 32.2. The van der Waals surface area contributed by atoms with E-state index in [1.54, 1.807) is 42.5 Å². The van der Waals surface area contributed by atoms with Gasteiger partial charge in [-0.3, -0.25) is 4.72 Å². The van der Waals surface area contributed by atoms with Crippen LogP contribution in [0.2, 0.25) is 0 Å². The Kier molecular flexibility index (Phi) is 4.53. The molecule has 0 aliphatic heterocycles. The summed E-state index contributed by atoms with van der Waals surface area (Å²) >= 11 is 0. The second kappa shape index (κ2) is 6.18. The molecule has 0 bridgehead atoms. The highest BCUT2D eigenvalue weighted by Gasteiger charge is 2.15. The van der Waals surface area contributed by atoms with Crippen molar-refractivity contribution in [2.75, 3.05) is 4.72 Å². The Hall–Kier alpha value is -2.01. The van der Waals surface area contributed by atoms with Crippen molar-refractivity contribution in [3.05, 3.63) is 54.1 Å². The van der Waals surface area contributed by atoms with Crippen LogP contribution in [0, 0.1) is 6.92 Å². The number of hydrogen-bond donors (Lipinski definition) is 1. The molecule has 1 N–H and O–H groups in total. The van der Waals surface area contributed by atoms with Crippen LogP contribution < -0.4 is 9.46 Å². The molecule has 2 aromatic carbocycles. The van der Waals surface area contributed by atoms with Gasteiger partial charge in [-0.05, 0) is 56.7 Å². The lowest BCUT2D eigenvalue weighted by Crippen LogP contribution is -2.13. The van der Waals surface area contributed by atoms with Crippen molar-refractivity contribution in [2.24, 2.45) is 0 Å². The van der Waals surface area contributed by atoms with E-state index in [9.17, 15) is 8.42 Å². The van der Waals surface area contributed by atoms with Gasteiger partial charge in [-0.15, -0.1) is 0 Å². The van der Waals surface area contributed by atoms with E-state index in [0.717, 1.165) is 5.56 Å². The summed E-state index contributed by atoms with van der Waals surface area (Å²) in [7, 11) is -3.59. The average molecular weight is 305 g/mol. The molecule has 2 rings (SSSR count). The molecular weight excluding hydrogens is 286 g/mol. The monoisotopic (exact) mass is 305 g/mol. The fourth-order valence-corrected chi connectivity index (χ4v) is 3.04. The van der Waals surface area contributed by atoms with E-state index in [0.29, 0.717) is 11.4 Å². The van der Waals surface area contributed by atoms with Gasteiger partial charge in [0, 0.05) is 5.69 Å². The van der Waals surface area contributed by atoms with Gasteiger partial charge in [-0.1, -0.05) is 18.2 Å². The zero-order valence-electron chi connectivity index (χ0n) is 12.3. The number of anilines is 1. The number of nitrogens with one attached hydrogen (secondary N) is 1. The van der Waals surface area contributed by atoms with Gasteiger partial charge in [0.2, 0.25) is 0 Å². The minimum atomic E-state index is -3.59. The van der Waals surface area contributed by atoms with Crippen molar-refractivity contribution in [3.8, 4) is 5.75 Å². The van der Waals surface area contributed by atoms with Crippen LogP contribution in [0.4, 0.5) is 5.69 Å². The largest absolute Gasteiger partial charge is 0.491 e. The van der Waals surface area contributed by atoms with Crippen LogP contribution in [0.5, 0.6) is 5.75 Å². The fourth-order valence-electron chi connectivity index (χ4n) is 1.90. The summed E-state index contributed by atoms with van der Waals surface area (Å²) in [5.74, 6) is 0.698. The topological polar surface area (TPSA) is 55.4 Å². The van der Waals surface area contributed by atoms with E-state index in [1.165, 1.54) is 0 Å². The maximum atomic E-state index is 12.3. The molecule has 0 amide bonds. The van der Waals surface area contributed by atoms with Gasteiger partial charge in [-0.2, -0.15) is 0 Å². The Morgan fingerprint density at radius 3 is 2.29 bits per heavy atom. The van der Waals surface area contributed by atoms with E-state index in [1.807, 2.05) is 26.8 Å². The Morgan fingerprint density at radius 1 is 1.05 bits per heavy atom. The van der Waals surface area contributed by atoms with Crippen LogP contribution in [0.15, 0.2) is 53.4 Å². The molecule has 0 spiro atoms. The van der Waals surface area contributed by atoms with E-state index in [2.05, 4.69) is 4.72 Å². The van der Waals surface area contributed by atoms with Crippen molar-refractivity contribution in [1.29, 1.82) is 0 Å². The van der Waals surface area contributed by atoms with Gasteiger partial charge >= 0.3 is 0 Å². The second-order valence-corrected chi connectivity index (χ2v) is 6.75. The standard InChI is InChI=1S/C16H19NO3S/c1-12(2)20-16-10-9-15(11-13(16)3)21(18,19)17-14-7-5-4-6-8-14/h4-12,17H,1-3H3. The van der Waals surface area contributed by atoms with Crippen LogP contribution in [0.25, 0.3) is 0 Å². The van der Waals surface area contributed by atoms with E-state index >= 15 is 0 Å². The third kappa shape index (κ3) is 3.98. The van der Waals surface area contributed by atoms with Gasteiger partial charge in [-0.25, -0.2) is 8.42 Å². The molecule has 0 saturated heterocycles. The van der Waals surface area contributed by atoms with Crippen LogP contribution in [-0.2, 0) is 10.0 Å². The van der Waals surface area contributed by atoms with Crippen molar-refractivity contribution in [2.45, 2.75) is 31.8 Å². The smallest absolute Gasteiger partial charge is 0.261 e. The summed E-state index contributed by atoms with van der Waals surface area (Å²) in [6.07, 6.45) is 0.0496. The van der Waals surface area contributed by atoms with Crippen molar-refractivity contribution < 1.29 is 13.2 Å². The summed E-state index contributed by atoms with van der Waals surface area (Å²) in [4.78, 5) is 0.222. The fraction of sp³-hybridized carbons (Fsp3) is 0.250. The number of aryl methyl sites for hydroxylation is 1. The summed E-state index contributed by atoms with van der Waals surface area (Å²) in [5.41, 5.74) is 1.33. The number of sulfonamides is 1. The predicted molar refractivity (Wildman–Crippen MR) is 84.2 cm³/mol. The van der Waals surface area contributed by atoms with E-state index < -0.39 is 10.0 Å². The first kappa shape index (κ1) is 15.4. The Bertz CT molecular complexity index is 710. The lowest BCUT2D eigenvalue weighted by Gasteiger charge is -2.14. The normalized spacial score (nSPS) is 11.4. The van der Waals surface area contributed by atoms with Gasteiger partial charge in [0.15, 0.2) is 0 Å². The number of benzene rings is 2. The SMILES string of the molecule is Cc1cc(S(=O)(=O)Nc2ccccc2)ccc1OC(C)C. The third-order valence-electron chi connectivity index (χ3n) is 2.85. The molecular formula is C16H19NO3S. The molecule has 0 saturated carbocycles. The molecule has 4 nitrogen and oxygen atoms in total. The molecule has 0 radical (unpaired) electrons. The molecule has 0 unspecified atom stereocenters. The third-order valence-corrected chi connectivity index (χ3v) is 4.22. The van der Waals surface area contributed by atoms with Crippen molar-refractivity contribution in [1.82, 2.24) is 0 Å². The number of para-hydroxylation sites is 1. The van der Waals surface area contributed by atoms with Crippen LogP contribution in [0.3, 0.4) is 0 Å². The molecule has 112 valence electrons. The Balaban J connectivity index is 2.27. The molecule has 21 heavy (non-hydrogen) atoms. The summed E-state index contributed by atoms with van der Waals surface area (Å²) < 4.78 is 32.8. The molecule has 0 aromatic heterocycles. The predicted octanol–water partition coefficient (Wildman–Crippen LogP) is 3.58. The highest BCUT2D eigenvalue weighted by molar-refractivity contribution is 7.92. The van der Waals surface area contributed by atoms with Crippen LogP contribution in [0.1, 0.15) is 19.4 Å². The van der Waals surface area contributed by atoms with E-state index in [4.69, 9.17) is 4.74 Å². The van der Waals surface area contributed by atoms with Gasteiger partial charge in [0.05, 0.1) is 11.0 Å². The summed E-state index contributed by atoms with van der Waals surface area (Å²) in [5, 5.41) is 0. The molecule has 0 heterocycles. The first-order valence-corrected chi connectivity index (χ1v) is 8.22. The number of hydrogen-bond acceptors (Lipinski definition) is 3. The quantitative estimate of drug-likeness (QED) is 0.918. The first-order valence-electron chi connectivity index (χ1n) is 6.73. The minimum absolute atomic E-state index is 0.0496. The van der Waals surface area contributed by atoms with Crippen LogP contribution in [-0.4, -0.2) is 14.5 Å². The molecule has 0 aliphatic rings. The maximum Gasteiger partial charge on any atom is 0.261 e. The maximum absolute atomic E-state index is 12.3. The van der Waals surface area contributed by atoms with E-state index in [-0.39, 0.29) is 11.0 Å². The van der Waals surface area contributed by atoms with Crippen molar-refractivity contribution >= 4 is 15.7 Å². The molecule has 0 atom stereocenters. The van der Waals surface area contributed by atoms with Gasteiger partial charge in [0.25, 0.3) is 10.0 Å². The number of ether oxygens (including phenoxy) is 1. The lowest BCUT2D eigenvalue weighted by atomic mass is 10.2. The minimum Gasteiger partial charge on any atom is -0.491 e. The summed E-state index contributed by atoms with van der Waals surface area (Å²) in [6.45, 7) is 5.70. The van der Waals surface area contributed by atoms with Crippen LogP contribution >= 0.6 is 0 Å².